The van der Waals surface area contributed by atoms with Crippen LogP contribution in [0.5, 0.6) is 5.75 Å². The molecule has 2 fully saturated rings. The molecule has 206 valence electrons. The standard InChI is InChI=1S/C24H32B3N9O4/c1-35-11-28-21(34-35)15-6-13(36-9-14(10-36)39-2)7-17(20(15)40-3)29-16-8-18(30-22(37)12-4-5-12)32-33-19(16)23(38)31-24(25,26)27/h6-8,11-12,14H,4-5,9-10,25-27H2,1-3H3,(H,31,38)(H2,29,30,32,37). The number of aryl methyl sites for hydroxylation is 1. The number of hydrogen-bond acceptors (Lipinski definition) is 10. The minimum absolute atomic E-state index is 0.0141. The number of aromatic nitrogens is 5. The monoisotopic (exact) mass is 543 g/mol. The summed E-state index contributed by atoms with van der Waals surface area (Å²) in [5, 5.41) is 21.4. The largest absolute Gasteiger partial charge is 0.494 e. The number of nitrogens with one attached hydrogen (secondary N) is 3. The molecule has 0 spiro atoms. The SMILES string of the molecule is BC(B)(B)NC(=O)c1nnc(NC(=O)C2CC2)cc1Nc1cc(N2CC(OC)C2)cc(-c2ncn(C)n2)c1OC. The molecular weight excluding hydrogens is 511 g/mol. The quantitative estimate of drug-likeness (QED) is 0.257. The Kier molecular flexibility index (Phi) is 7.45. The highest BCUT2D eigenvalue weighted by Gasteiger charge is 2.31. The summed E-state index contributed by atoms with van der Waals surface area (Å²) < 4.78 is 12.9. The van der Waals surface area contributed by atoms with Crippen LogP contribution >= 0.6 is 0 Å². The maximum atomic E-state index is 13.3. The number of amides is 2. The summed E-state index contributed by atoms with van der Waals surface area (Å²) in [6.07, 6.45) is 3.47. The molecule has 0 bridgehead atoms. The van der Waals surface area contributed by atoms with Crippen molar-refractivity contribution in [2.75, 3.05) is 42.8 Å². The van der Waals surface area contributed by atoms with Crippen molar-refractivity contribution in [2.24, 2.45) is 13.0 Å². The predicted molar refractivity (Wildman–Crippen MR) is 158 cm³/mol. The van der Waals surface area contributed by atoms with Gasteiger partial charge in [0.05, 0.1) is 30.2 Å². The Morgan fingerprint density at radius 3 is 2.42 bits per heavy atom. The molecule has 1 saturated carbocycles. The molecule has 0 unspecified atom stereocenters. The maximum absolute atomic E-state index is 13.3. The van der Waals surface area contributed by atoms with E-state index >= 15 is 0 Å². The number of anilines is 4. The fourth-order valence-electron chi connectivity index (χ4n) is 4.37. The van der Waals surface area contributed by atoms with Crippen LogP contribution in [-0.2, 0) is 16.6 Å². The summed E-state index contributed by atoms with van der Waals surface area (Å²) >= 11 is 0. The van der Waals surface area contributed by atoms with E-state index in [2.05, 4.69) is 41.1 Å². The van der Waals surface area contributed by atoms with E-state index < -0.39 is 11.1 Å². The van der Waals surface area contributed by atoms with Gasteiger partial charge in [0.25, 0.3) is 5.91 Å². The lowest BCUT2D eigenvalue weighted by Crippen LogP contribution is -2.51. The van der Waals surface area contributed by atoms with E-state index in [1.807, 2.05) is 35.7 Å². The van der Waals surface area contributed by atoms with Gasteiger partial charge < -0.3 is 30.3 Å². The zero-order valence-corrected chi connectivity index (χ0v) is 23.6. The first-order chi connectivity index (χ1) is 19.0. The first-order valence-electron chi connectivity index (χ1n) is 13.2. The van der Waals surface area contributed by atoms with Gasteiger partial charge in [0.15, 0.2) is 23.1 Å². The van der Waals surface area contributed by atoms with E-state index in [-0.39, 0.29) is 29.4 Å². The van der Waals surface area contributed by atoms with Crippen molar-refractivity contribution in [3.8, 4) is 17.1 Å². The second-order valence-corrected chi connectivity index (χ2v) is 11.2. The molecule has 3 N–H and O–H groups in total. The fourth-order valence-corrected chi connectivity index (χ4v) is 4.37. The molecule has 16 heteroatoms. The molecule has 2 amide bonds. The molecule has 1 aromatic carbocycles. The third kappa shape index (κ3) is 6.06. The van der Waals surface area contributed by atoms with E-state index in [1.165, 1.54) is 0 Å². The van der Waals surface area contributed by atoms with Gasteiger partial charge >= 0.3 is 0 Å². The summed E-state index contributed by atoms with van der Waals surface area (Å²) in [4.78, 5) is 32.3. The number of nitrogens with zero attached hydrogens (tertiary/aromatic N) is 6. The highest BCUT2D eigenvalue weighted by atomic mass is 16.5. The molecule has 5 rings (SSSR count). The third-order valence-electron chi connectivity index (χ3n) is 6.63. The van der Waals surface area contributed by atoms with Crippen LogP contribution in [-0.4, -0.2) is 99.0 Å². The number of hydrogen-bond donors (Lipinski definition) is 3. The van der Waals surface area contributed by atoms with Crippen LogP contribution in [0.4, 0.5) is 22.9 Å². The Balaban J connectivity index is 1.58. The fraction of sp³-hybridized carbons (Fsp3) is 0.417. The average molecular weight is 543 g/mol. The van der Waals surface area contributed by atoms with Crippen LogP contribution < -0.4 is 25.6 Å². The third-order valence-corrected chi connectivity index (χ3v) is 6.63. The molecule has 0 atom stereocenters. The van der Waals surface area contributed by atoms with Crippen molar-refractivity contribution < 1.29 is 19.1 Å². The van der Waals surface area contributed by atoms with Crippen molar-refractivity contribution in [3.63, 3.8) is 0 Å². The molecular formula is C24H32B3N9O4. The molecule has 2 aliphatic rings. The highest BCUT2D eigenvalue weighted by Crippen LogP contribution is 2.42. The Morgan fingerprint density at radius 1 is 1.07 bits per heavy atom. The van der Waals surface area contributed by atoms with Gasteiger partial charge in [0.1, 0.15) is 29.9 Å². The lowest BCUT2D eigenvalue weighted by molar-refractivity contribution is -0.117. The zero-order valence-electron chi connectivity index (χ0n) is 23.6. The normalized spacial score (nSPS) is 15.3. The van der Waals surface area contributed by atoms with E-state index in [4.69, 9.17) is 9.47 Å². The topological polar surface area (TPSA) is 148 Å². The second-order valence-electron chi connectivity index (χ2n) is 11.2. The minimum Gasteiger partial charge on any atom is -0.494 e. The van der Waals surface area contributed by atoms with Gasteiger partial charge in [-0.1, -0.05) is 0 Å². The number of carbonyl (C=O) groups is 2. The van der Waals surface area contributed by atoms with Crippen LogP contribution in [0.15, 0.2) is 24.5 Å². The van der Waals surface area contributed by atoms with Gasteiger partial charge in [0.2, 0.25) is 5.91 Å². The van der Waals surface area contributed by atoms with Crippen LogP contribution in [0.25, 0.3) is 11.4 Å². The van der Waals surface area contributed by atoms with Crippen LogP contribution in [0.3, 0.4) is 0 Å². The predicted octanol–water partition coefficient (Wildman–Crippen LogP) is -1.55. The first-order valence-corrected chi connectivity index (χ1v) is 13.2. The first kappa shape index (κ1) is 27.5. The van der Waals surface area contributed by atoms with E-state index in [0.29, 0.717) is 28.5 Å². The average Bonchev–Trinajstić information content (AvgIpc) is 3.63. The Morgan fingerprint density at radius 2 is 1.82 bits per heavy atom. The molecule has 13 nitrogen and oxygen atoms in total. The number of methoxy groups -OCH3 is 2. The lowest BCUT2D eigenvalue weighted by Gasteiger charge is -2.40. The Hall–Kier alpha value is -4.07. The Labute approximate surface area is 235 Å². The molecule has 0 radical (unpaired) electrons. The van der Waals surface area contributed by atoms with Crippen molar-refractivity contribution in [1.29, 1.82) is 0 Å². The zero-order chi connectivity index (χ0) is 28.6. The van der Waals surface area contributed by atoms with Crippen molar-refractivity contribution >= 4 is 58.2 Å². The molecule has 1 saturated heterocycles. The number of rotatable bonds is 10. The Bertz CT molecular complexity index is 1440. The van der Waals surface area contributed by atoms with Gasteiger partial charge in [-0.25, -0.2) is 4.98 Å². The van der Waals surface area contributed by atoms with E-state index in [1.54, 1.807) is 38.3 Å². The lowest BCUT2D eigenvalue weighted by atomic mass is 9.49. The van der Waals surface area contributed by atoms with Gasteiger partial charge in [-0.15, -0.1) is 10.2 Å². The summed E-state index contributed by atoms with van der Waals surface area (Å²) in [6.45, 7) is 1.45. The molecule has 1 aliphatic carbocycles. The molecule has 40 heavy (non-hydrogen) atoms. The van der Waals surface area contributed by atoms with Gasteiger partial charge in [-0.05, 0) is 30.2 Å². The van der Waals surface area contributed by atoms with E-state index in [9.17, 15) is 9.59 Å². The molecule has 3 heterocycles. The number of ether oxygens (including phenoxy) is 2. The van der Waals surface area contributed by atoms with Crippen LogP contribution in [0.2, 0.25) is 0 Å². The van der Waals surface area contributed by atoms with Gasteiger partial charge in [-0.3, -0.25) is 14.3 Å². The summed E-state index contributed by atoms with van der Waals surface area (Å²) in [6, 6.07) is 5.52. The smallest absolute Gasteiger partial charge is 0.272 e. The van der Waals surface area contributed by atoms with Crippen molar-refractivity contribution in [3.05, 3.63) is 30.2 Å². The molecule has 1 aliphatic heterocycles. The number of carbonyl (C=O) groups excluding carboxylic acids is 2. The second kappa shape index (κ2) is 10.8. The van der Waals surface area contributed by atoms with Crippen molar-refractivity contribution in [2.45, 2.75) is 24.2 Å². The molecule has 3 aromatic rings. The van der Waals surface area contributed by atoms with Crippen LogP contribution in [0.1, 0.15) is 23.3 Å². The highest BCUT2D eigenvalue weighted by molar-refractivity contribution is 6.60. The molecule has 2 aromatic heterocycles. The number of benzene rings is 1. The van der Waals surface area contributed by atoms with Gasteiger partial charge in [0, 0.05) is 44.9 Å². The maximum Gasteiger partial charge on any atom is 0.272 e. The van der Waals surface area contributed by atoms with Crippen LogP contribution in [0, 0.1) is 5.92 Å². The minimum atomic E-state index is -0.500. The summed E-state index contributed by atoms with van der Waals surface area (Å²) in [7, 11) is 10.7. The summed E-state index contributed by atoms with van der Waals surface area (Å²) in [5.41, 5.74) is 2.59. The summed E-state index contributed by atoms with van der Waals surface area (Å²) in [5.74, 6) is 0.694. The van der Waals surface area contributed by atoms with E-state index in [0.717, 1.165) is 31.6 Å². The van der Waals surface area contributed by atoms with Gasteiger partial charge in [-0.2, -0.15) is 5.10 Å². The van der Waals surface area contributed by atoms with Crippen molar-refractivity contribution in [1.82, 2.24) is 30.3 Å².